The maximum atomic E-state index is 12.2. The van der Waals surface area contributed by atoms with Crippen LogP contribution in [0.4, 0.5) is 0 Å². The van der Waals surface area contributed by atoms with Crippen molar-refractivity contribution in [3.05, 3.63) is 0 Å². The minimum Gasteiger partial charge on any atom is -0.480 e. The summed E-state index contributed by atoms with van der Waals surface area (Å²) < 4.78 is 0. The zero-order valence-electron chi connectivity index (χ0n) is 14.0. The van der Waals surface area contributed by atoms with Gasteiger partial charge in [-0.1, -0.05) is 13.8 Å². The fraction of sp³-hybridized carbons (Fsp3) is 0.714. The van der Waals surface area contributed by atoms with E-state index in [9.17, 15) is 24.3 Å². The molecule has 10 heteroatoms. The summed E-state index contributed by atoms with van der Waals surface area (Å²) in [5, 5.41) is 24.9. The van der Waals surface area contributed by atoms with Crippen LogP contribution in [0.5, 0.6) is 0 Å². The number of nitrogens with one attached hydrogen (secondary N) is 3. The highest BCUT2D eigenvalue weighted by Gasteiger charge is 2.28. The number of nitrogens with two attached hydrogens (primary N) is 1. The SMILES string of the molecule is CC(C)CC(NC(=O)CN)C(=O)NC(CO)C(=O)NC(C)C(=O)O. The lowest BCUT2D eigenvalue weighted by Crippen LogP contribution is -2.57. The first-order chi connectivity index (χ1) is 11.1. The highest BCUT2D eigenvalue weighted by atomic mass is 16.4. The van der Waals surface area contributed by atoms with Crippen LogP contribution < -0.4 is 21.7 Å². The Morgan fingerprint density at radius 1 is 0.958 bits per heavy atom. The van der Waals surface area contributed by atoms with Crippen molar-refractivity contribution in [2.75, 3.05) is 13.2 Å². The Bertz CT molecular complexity index is 468. The summed E-state index contributed by atoms with van der Waals surface area (Å²) in [6.45, 7) is 3.93. The predicted molar refractivity (Wildman–Crippen MR) is 84.7 cm³/mol. The molecule has 0 spiro atoms. The van der Waals surface area contributed by atoms with Crippen LogP contribution >= 0.6 is 0 Å². The van der Waals surface area contributed by atoms with Gasteiger partial charge in [-0.05, 0) is 19.3 Å². The van der Waals surface area contributed by atoms with Crippen LogP contribution in [0.3, 0.4) is 0 Å². The summed E-state index contributed by atoms with van der Waals surface area (Å²) >= 11 is 0. The molecule has 0 fully saturated rings. The number of carboxylic acid groups (broad SMARTS) is 1. The van der Waals surface area contributed by atoms with Crippen molar-refractivity contribution in [1.82, 2.24) is 16.0 Å². The van der Waals surface area contributed by atoms with Gasteiger partial charge >= 0.3 is 5.97 Å². The Hall–Kier alpha value is -2.20. The summed E-state index contributed by atoms with van der Waals surface area (Å²) in [5.41, 5.74) is 5.21. The highest BCUT2D eigenvalue weighted by molar-refractivity contribution is 5.93. The van der Waals surface area contributed by atoms with E-state index in [2.05, 4.69) is 16.0 Å². The van der Waals surface area contributed by atoms with Crippen LogP contribution in [-0.4, -0.2) is 65.2 Å². The molecule has 0 aromatic carbocycles. The molecule has 3 atom stereocenters. The van der Waals surface area contributed by atoms with Crippen molar-refractivity contribution in [2.45, 2.75) is 45.3 Å². The molecule has 0 aromatic heterocycles. The first kappa shape index (κ1) is 21.8. The minimum absolute atomic E-state index is 0.0762. The zero-order valence-corrected chi connectivity index (χ0v) is 14.0. The molecule has 24 heavy (non-hydrogen) atoms. The molecular weight excluding hydrogens is 320 g/mol. The van der Waals surface area contributed by atoms with E-state index in [0.717, 1.165) is 0 Å². The van der Waals surface area contributed by atoms with E-state index in [-0.39, 0.29) is 12.5 Å². The topological polar surface area (TPSA) is 171 Å². The van der Waals surface area contributed by atoms with Gasteiger partial charge in [-0.3, -0.25) is 19.2 Å². The Kier molecular flexibility index (Phi) is 9.58. The number of carbonyl (C=O) groups is 4. The fourth-order valence-electron chi connectivity index (χ4n) is 1.80. The van der Waals surface area contributed by atoms with Crippen LogP contribution in [-0.2, 0) is 19.2 Å². The normalized spacial score (nSPS) is 14.4. The summed E-state index contributed by atoms with van der Waals surface area (Å²) in [7, 11) is 0. The van der Waals surface area contributed by atoms with Crippen LogP contribution in [0.15, 0.2) is 0 Å². The monoisotopic (exact) mass is 346 g/mol. The van der Waals surface area contributed by atoms with Gasteiger partial charge in [0, 0.05) is 0 Å². The second-order valence-electron chi connectivity index (χ2n) is 5.77. The lowest BCUT2D eigenvalue weighted by atomic mass is 10.0. The van der Waals surface area contributed by atoms with Gasteiger partial charge in [-0.15, -0.1) is 0 Å². The number of carbonyl (C=O) groups excluding carboxylic acids is 3. The van der Waals surface area contributed by atoms with Crippen molar-refractivity contribution in [1.29, 1.82) is 0 Å². The number of aliphatic hydroxyl groups excluding tert-OH is 1. The van der Waals surface area contributed by atoms with Gasteiger partial charge < -0.3 is 31.9 Å². The summed E-state index contributed by atoms with van der Waals surface area (Å²) in [5.74, 6) is -3.20. The second-order valence-corrected chi connectivity index (χ2v) is 5.77. The number of rotatable bonds is 10. The van der Waals surface area contributed by atoms with Crippen molar-refractivity contribution in [3.8, 4) is 0 Å². The lowest BCUT2D eigenvalue weighted by molar-refractivity contribution is -0.142. The van der Waals surface area contributed by atoms with Gasteiger partial charge in [0.1, 0.15) is 18.1 Å². The van der Waals surface area contributed by atoms with Gasteiger partial charge in [-0.25, -0.2) is 0 Å². The van der Waals surface area contributed by atoms with Crippen molar-refractivity contribution >= 4 is 23.7 Å². The maximum absolute atomic E-state index is 12.2. The first-order valence-electron chi connectivity index (χ1n) is 7.56. The van der Waals surface area contributed by atoms with Crippen molar-refractivity contribution in [2.24, 2.45) is 11.7 Å². The van der Waals surface area contributed by atoms with Crippen LogP contribution in [0.1, 0.15) is 27.2 Å². The third kappa shape index (κ3) is 7.88. The zero-order chi connectivity index (χ0) is 18.9. The second kappa shape index (κ2) is 10.6. The fourth-order valence-corrected chi connectivity index (χ4v) is 1.80. The van der Waals surface area contributed by atoms with E-state index < -0.39 is 48.4 Å². The number of hydrogen-bond acceptors (Lipinski definition) is 6. The van der Waals surface area contributed by atoms with E-state index >= 15 is 0 Å². The third-order valence-corrected chi connectivity index (χ3v) is 3.09. The van der Waals surface area contributed by atoms with Gasteiger partial charge in [0.25, 0.3) is 0 Å². The minimum atomic E-state index is -1.33. The summed E-state index contributed by atoms with van der Waals surface area (Å²) in [6.07, 6.45) is 0.308. The van der Waals surface area contributed by atoms with Gasteiger partial charge in [0.05, 0.1) is 13.2 Å². The van der Waals surface area contributed by atoms with Gasteiger partial charge in [-0.2, -0.15) is 0 Å². The molecule has 0 saturated heterocycles. The molecule has 7 N–H and O–H groups in total. The summed E-state index contributed by atoms with van der Waals surface area (Å²) in [6, 6.07) is -3.42. The van der Waals surface area contributed by atoms with Crippen molar-refractivity contribution < 1.29 is 29.4 Å². The molecule has 0 bridgehead atoms. The Morgan fingerprint density at radius 3 is 1.92 bits per heavy atom. The molecule has 3 unspecified atom stereocenters. The number of aliphatic carboxylic acids is 1. The molecule has 0 radical (unpaired) electrons. The quantitative estimate of drug-likeness (QED) is 0.255. The average Bonchev–Trinajstić information content (AvgIpc) is 2.50. The Morgan fingerprint density at radius 2 is 1.50 bits per heavy atom. The molecule has 0 aliphatic carbocycles. The van der Waals surface area contributed by atoms with Gasteiger partial charge in [0.15, 0.2) is 0 Å². The number of carboxylic acids is 1. The molecule has 0 aliphatic heterocycles. The lowest BCUT2D eigenvalue weighted by Gasteiger charge is -2.23. The van der Waals surface area contributed by atoms with Crippen LogP contribution in [0, 0.1) is 5.92 Å². The van der Waals surface area contributed by atoms with Crippen LogP contribution in [0.25, 0.3) is 0 Å². The molecule has 10 nitrogen and oxygen atoms in total. The van der Waals surface area contributed by atoms with Crippen molar-refractivity contribution in [3.63, 3.8) is 0 Å². The number of aliphatic hydroxyl groups is 1. The Balaban J connectivity index is 4.91. The Labute approximate surface area is 140 Å². The largest absolute Gasteiger partial charge is 0.480 e. The van der Waals surface area contributed by atoms with E-state index in [1.165, 1.54) is 6.92 Å². The summed E-state index contributed by atoms with van der Waals surface area (Å²) in [4.78, 5) is 46.3. The highest BCUT2D eigenvalue weighted by Crippen LogP contribution is 2.05. The molecule has 0 aliphatic rings. The molecule has 0 rings (SSSR count). The third-order valence-electron chi connectivity index (χ3n) is 3.09. The molecule has 0 heterocycles. The molecular formula is C14H26N4O6. The van der Waals surface area contributed by atoms with E-state index in [4.69, 9.17) is 10.8 Å². The van der Waals surface area contributed by atoms with E-state index in [0.29, 0.717) is 6.42 Å². The first-order valence-corrected chi connectivity index (χ1v) is 7.56. The maximum Gasteiger partial charge on any atom is 0.325 e. The standard InChI is InChI=1S/C14H26N4O6/c1-7(2)4-9(17-11(20)5-15)12(21)18-10(6-19)13(22)16-8(3)14(23)24/h7-10,19H,4-6,15H2,1-3H3,(H,16,22)(H,17,20)(H,18,21)(H,23,24). The average molecular weight is 346 g/mol. The van der Waals surface area contributed by atoms with E-state index in [1.807, 2.05) is 13.8 Å². The smallest absolute Gasteiger partial charge is 0.325 e. The molecule has 0 saturated carbocycles. The predicted octanol–water partition coefficient (Wildman–Crippen LogP) is -2.46. The molecule has 3 amide bonds. The van der Waals surface area contributed by atoms with E-state index in [1.54, 1.807) is 0 Å². The molecule has 0 aromatic rings. The van der Waals surface area contributed by atoms with Crippen LogP contribution in [0.2, 0.25) is 0 Å². The number of hydrogen-bond donors (Lipinski definition) is 6. The number of amides is 3. The molecule has 138 valence electrons. The van der Waals surface area contributed by atoms with Gasteiger partial charge in [0.2, 0.25) is 17.7 Å².